The summed E-state index contributed by atoms with van der Waals surface area (Å²) < 4.78 is 1.61. The first kappa shape index (κ1) is 14.4. The molecule has 8 nitrogen and oxygen atoms in total. The van der Waals surface area contributed by atoms with Gasteiger partial charge < -0.3 is 15.0 Å². The zero-order valence-corrected chi connectivity index (χ0v) is 12.9. The van der Waals surface area contributed by atoms with Crippen LogP contribution in [0.2, 0.25) is 0 Å². The number of rotatable bonds is 2. The molecule has 24 heavy (non-hydrogen) atoms. The molecule has 0 spiro atoms. The van der Waals surface area contributed by atoms with Gasteiger partial charge in [-0.15, -0.1) is 0 Å². The first-order valence-corrected chi connectivity index (χ1v) is 7.54. The molecule has 0 bridgehead atoms. The molecule has 0 saturated carbocycles. The molecule has 0 unspecified atom stereocenters. The quantitative estimate of drug-likeness (QED) is 0.732. The summed E-state index contributed by atoms with van der Waals surface area (Å²) in [4.78, 5) is 32.9. The van der Waals surface area contributed by atoms with E-state index in [0.717, 1.165) is 16.8 Å². The SMILES string of the molecule is Cc1ccn2nc(C(=O)N3Cc4[nH]cnc4C[C@@H]3C(=O)O)cc2c1. The molecule has 0 radical (unpaired) electrons. The molecule has 4 heterocycles. The number of carboxylic acid groups (broad SMARTS) is 1. The summed E-state index contributed by atoms with van der Waals surface area (Å²) in [6, 6.07) is 4.55. The average molecular weight is 325 g/mol. The Morgan fingerprint density at radius 3 is 3.00 bits per heavy atom. The molecule has 0 fully saturated rings. The Hall–Kier alpha value is -3.16. The van der Waals surface area contributed by atoms with E-state index in [1.807, 2.05) is 19.1 Å². The van der Waals surface area contributed by atoms with Crippen LogP contribution in [0.25, 0.3) is 5.52 Å². The Morgan fingerprint density at radius 2 is 2.21 bits per heavy atom. The lowest BCUT2D eigenvalue weighted by atomic mass is 10.0. The van der Waals surface area contributed by atoms with Crippen LogP contribution in [0.1, 0.15) is 27.4 Å². The van der Waals surface area contributed by atoms with Gasteiger partial charge in [0.15, 0.2) is 5.69 Å². The number of aromatic amines is 1. The van der Waals surface area contributed by atoms with Crippen LogP contribution in [0.4, 0.5) is 0 Å². The van der Waals surface area contributed by atoms with E-state index in [1.54, 1.807) is 16.8 Å². The van der Waals surface area contributed by atoms with Crippen molar-refractivity contribution >= 4 is 17.4 Å². The fourth-order valence-corrected chi connectivity index (χ4v) is 3.03. The zero-order chi connectivity index (χ0) is 16.8. The average Bonchev–Trinajstić information content (AvgIpc) is 3.18. The number of H-pyrrole nitrogens is 1. The highest BCUT2D eigenvalue weighted by Crippen LogP contribution is 2.23. The maximum absolute atomic E-state index is 12.9. The molecule has 1 aliphatic heterocycles. The van der Waals surface area contributed by atoms with Gasteiger partial charge in [0.25, 0.3) is 5.91 Å². The standard InChI is InChI=1S/C16H15N5O3/c1-9-2-3-21-10(4-9)5-12(19-21)15(22)20-7-13-11(17-8-18-13)6-14(20)16(23)24/h2-5,8,14H,6-7H2,1H3,(H,17,18)(H,23,24)/t14-/m1/s1. The van der Waals surface area contributed by atoms with Crippen molar-refractivity contribution in [2.45, 2.75) is 25.9 Å². The van der Waals surface area contributed by atoms with E-state index in [4.69, 9.17) is 0 Å². The van der Waals surface area contributed by atoms with Crippen LogP contribution in [0.5, 0.6) is 0 Å². The van der Waals surface area contributed by atoms with E-state index in [9.17, 15) is 14.7 Å². The number of pyridine rings is 1. The third-order valence-electron chi connectivity index (χ3n) is 4.28. The molecule has 8 heteroatoms. The lowest BCUT2D eigenvalue weighted by Gasteiger charge is -2.31. The predicted molar refractivity (Wildman–Crippen MR) is 83.5 cm³/mol. The molecule has 4 rings (SSSR count). The molecule has 1 atom stereocenters. The van der Waals surface area contributed by atoms with E-state index in [0.29, 0.717) is 5.69 Å². The molecule has 1 aliphatic rings. The number of aryl methyl sites for hydroxylation is 1. The number of nitrogens with zero attached hydrogens (tertiary/aromatic N) is 4. The van der Waals surface area contributed by atoms with E-state index in [1.165, 1.54) is 11.2 Å². The minimum absolute atomic E-state index is 0.179. The lowest BCUT2D eigenvalue weighted by molar-refractivity contribution is -0.142. The van der Waals surface area contributed by atoms with Gasteiger partial charge in [-0.25, -0.2) is 14.3 Å². The Kier molecular flexibility index (Phi) is 3.12. The number of hydrogen-bond acceptors (Lipinski definition) is 4. The van der Waals surface area contributed by atoms with Crippen molar-refractivity contribution in [3.63, 3.8) is 0 Å². The van der Waals surface area contributed by atoms with Gasteiger partial charge in [-0.1, -0.05) is 0 Å². The summed E-state index contributed by atoms with van der Waals surface area (Å²) in [5, 5.41) is 13.8. The van der Waals surface area contributed by atoms with Crippen molar-refractivity contribution in [3.05, 3.63) is 53.4 Å². The summed E-state index contributed by atoms with van der Waals surface area (Å²) in [6.07, 6.45) is 3.48. The molecule has 3 aromatic heterocycles. The molecule has 0 saturated heterocycles. The van der Waals surface area contributed by atoms with Crippen molar-refractivity contribution in [2.24, 2.45) is 0 Å². The monoisotopic (exact) mass is 325 g/mol. The topological polar surface area (TPSA) is 104 Å². The molecule has 1 amide bonds. The van der Waals surface area contributed by atoms with Crippen molar-refractivity contribution < 1.29 is 14.7 Å². The highest BCUT2D eigenvalue weighted by atomic mass is 16.4. The summed E-state index contributed by atoms with van der Waals surface area (Å²) in [7, 11) is 0. The number of carbonyl (C=O) groups is 2. The lowest BCUT2D eigenvalue weighted by Crippen LogP contribution is -2.48. The number of amides is 1. The largest absolute Gasteiger partial charge is 0.480 e. The molecule has 122 valence electrons. The maximum atomic E-state index is 12.9. The number of imidazole rings is 1. The summed E-state index contributed by atoms with van der Waals surface area (Å²) in [5.74, 6) is -1.44. The van der Waals surface area contributed by atoms with Gasteiger partial charge in [0.2, 0.25) is 0 Å². The van der Waals surface area contributed by atoms with E-state index < -0.39 is 17.9 Å². The molecule has 0 aliphatic carbocycles. The maximum Gasteiger partial charge on any atom is 0.326 e. The van der Waals surface area contributed by atoms with Crippen LogP contribution in [0.15, 0.2) is 30.7 Å². The number of aliphatic carboxylic acids is 1. The number of carbonyl (C=O) groups excluding carboxylic acids is 1. The van der Waals surface area contributed by atoms with Gasteiger partial charge >= 0.3 is 5.97 Å². The highest BCUT2D eigenvalue weighted by Gasteiger charge is 2.37. The molecule has 2 N–H and O–H groups in total. The van der Waals surface area contributed by atoms with E-state index in [-0.39, 0.29) is 18.7 Å². The number of hydrogen-bond donors (Lipinski definition) is 2. The van der Waals surface area contributed by atoms with Gasteiger partial charge in [0.1, 0.15) is 6.04 Å². The van der Waals surface area contributed by atoms with Crippen LogP contribution in [-0.2, 0) is 17.8 Å². The Balaban J connectivity index is 1.72. The second kappa shape index (κ2) is 5.19. The first-order chi connectivity index (χ1) is 11.5. The Labute approximate surface area is 136 Å². The van der Waals surface area contributed by atoms with Crippen LogP contribution in [0.3, 0.4) is 0 Å². The van der Waals surface area contributed by atoms with Gasteiger partial charge in [0.05, 0.1) is 29.8 Å². The number of aromatic nitrogens is 4. The summed E-state index contributed by atoms with van der Waals surface area (Å²) in [5.41, 5.74) is 3.54. The first-order valence-electron chi connectivity index (χ1n) is 7.54. The number of fused-ring (bicyclic) bond motifs is 2. The fraction of sp³-hybridized carbons (Fsp3) is 0.250. The van der Waals surface area contributed by atoms with E-state index in [2.05, 4.69) is 15.1 Å². The van der Waals surface area contributed by atoms with Crippen molar-refractivity contribution in [3.8, 4) is 0 Å². The second-order valence-corrected chi connectivity index (χ2v) is 5.92. The molecular formula is C16H15N5O3. The summed E-state index contributed by atoms with van der Waals surface area (Å²) >= 11 is 0. The van der Waals surface area contributed by atoms with Gasteiger partial charge in [-0.3, -0.25) is 4.79 Å². The van der Waals surface area contributed by atoms with Crippen LogP contribution >= 0.6 is 0 Å². The van der Waals surface area contributed by atoms with Gasteiger partial charge in [0, 0.05) is 12.6 Å². The fourth-order valence-electron chi connectivity index (χ4n) is 3.03. The number of carboxylic acids is 1. The van der Waals surface area contributed by atoms with Crippen molar-refractivity contribution in [1.29, 1.82) is 0 Å². The third kappa shape index (κ3) is 2.23. The van der Waals surface area contributed by atoms with Crippen LogP contribution < -0.4 is 0 Å². The second-order valence-electron chi connectivity index (χ2n) is 5.92. The normalized spacial score (nSPS) is 17.0. The predicted octanol–water partition coefficient (Wildman–Crippen LogP) is 1.02. The van der Waals surface area contributed by atoms with Crippen molar-refractivity contribution in [1.82, 2.24) is 24.5 Å². The Morgan fingerprint density at radius 1 is 1.38 bits per heavy atom. The smallest absolute Gasteiger partial charge is 0.326 e. The van der Waals surface area contributed by atoms with Crippen molar-refractivity contribution in [2.75, 3.05) is 0 Å². The molecular weight excluding hydrogens is 310 g/mol. The summed E-state index contributed by atoms with van der Waals surface area (Å²) in [6.45, 7) is 2.14. The van der Waals surface area contributed by atoms with Crippen LogP contribution in [-0.4, -0.2) is 47.5 Å². The minimum atomic E-state index is -1.04. The Bertz CT molecular complexity index is 958. The third-order valence-corrected chi connectivity index (χ3v) is 4.28. The highest BCUT2D eigenvalue weighted by molar-refractivity contribution is 5.96. The molecule has 0 aromatic carbocycles. The van der Waals surface area contributed by atoms with Gasteiger partial charge in [-0.2, -0.15) is 5.10 Å². The zero-order valence-electron chi connectivity index (χ0n) is 12.9. The van der Waals surface area contributed by atoms with Gasteiger partial charge in [-0.05, 0) is 30.7 Å². The minimum Gasteiger partial charge on any atom is -0.480 e. The van der Waals surface area contributed by atoms with Crippen LogP contribution in [0, 0.1) is 6.92 Å². The molecule has 3 aromatic rings. The number of nitrogens with one attached hydrogen (secondary N) is 1. The van der Waals surface area contributed by atoms with E-state index >= 15 is 0 Å².